The average molecular weight is 446 g/mol. The lowest BCUT2D eigenvalue weighted by Crippen LogP contribution is -2.43. The van der Waals surface area contributed by atoms with Crippen LogP contribution in [0.2, 0.25) is 0 Å². The van der Waals surface area contributed by atoms with Gasteiger partial charge in [-0.1, -0.05) is 6.58 Å². The fourth-order valence-corrected chi connectivity index (χ4v) is 4.56. The average Bonchev–Trinajstić information content (AvgIpc) is 3.13. The highest BCUT2D eigenvalue weighted by molar-refractivity contribution is 6.00. The summed E-state index contributed by atoms with van der Waals surface area (Å²) in [6, 6.07) is 1.78. The fourth-order valence-electron chi connectivity index (χ4n) is 4.56. The smallest absolute Gasteiger partial charge is 0.298 e. The lowest BCUT2D eigenvalue weighted by molar-refractivity contribution is -0.0414. The highest BCUT2D eigenvalue weighted by atomic mass is 19.3. The van der Waals surface area contributed by atoms with E-state index in [1.165, 1.54) is 17.6 Å². The molecule has 11 heteroatoms. The molecule has 8 nitrogen and oxygen atoms in total. The number of nitrogens with one attached hydrogen (secondary N) is 1. The van der Waals surface area contributed by atoms with Crippen LogP contribution in [0, 0.1) is 5.92 Å². The van der Waals surface area contributed by atoms with Gasteiger partial charge in [0.25, 0.3) is 11.8 Å². The molecule has 2 fully saturated rings. The van der Waals surface area contributed by atoms with Gasteiger partial charge in [0.05, 0.1) is 24.5 Å². The molecule has 1 aliphatic carbocycles. The molecule has 0 radical (unpaired) electrons. The molecule has 1 saturated carbocycles. The van der Waals surface area contributed by atoms with Crippen LogP contribution in [0.1, 0.15) is 30.1 Å². The standard InChI is InChI=1S/C21H21F3N6O2/c1-12(22)8-25-19-13(2)21-7-14(21)3-5-29(21)16-4-6-30-17(28-16)15(9-27-30)18(31)26-10-20(23,24)11-32-19/h4,6,8-9,14H,2-3,5,7,10-11H2,1H3,(H,26,31)/b12-8+,25-19?/t14-,21-/m0/s1. The Morgan fingerprint density at radius 2 is 2.28 bits per heavy atom. The zero-order chi connectivity index (χ0) is 22.7. The third-order valence-corrected chi connectivity index (χ3v) is 6.20. The molecule has 5 rings (SSSR count). The van der Waals surface area contributed by atoms with Gasteiger partial charge >= 0.3 is 0 Å². The Labute approximate surface area is 181 Å². The highest BCUT2D eigenvalue weighted by Gasteiger charge is 2.65. The molecule has 0 aromatic carbocycles. The monoisotopic (exact) mass is 446 g/mol. The fraction of sp³-hybridized carbons (Fsp3) is 0.429. The number of rotatable bonds is 1. The number of hydrogen-bond donors (Lipinski definition) is 1. The number of allylic oxidation sites excluding steroid dienone is 1. The molecule has 2 aromatic heterocycles. The van der Waals surface area contributed by atoms with Gasteiger partial charge in [-0.05, 0) is 31.7 Å². The molecular weight excluding hydrogens is 425 g/mol. The maximum atomic E-state index is 14.5. The Bertz CT molecular complexity index is 1190. The Morgan fingerprint density at radius 3 is 3.03 bits per heavy atom. The van der Waals surface area contributed by atoms with E-state index in [-0.39, 0.29) is 23.0 Å². The van der Waals surface area contributed by atoms with Crippen LogP contribution in [-0.4, -0.2) is 57.6 Å². The molecule has 3 aliphatic rings. The summed E-state index contributed by atoms with van der Waals surface area (Å²) in [5, 5.41) is 6.31. The predicted molar refractivity (Wildman–Crippen MR) is 110 cm³/mol. The molecule has 1 N–H and O–H groups in total. The minimum atomic E-state index is -3.40. The SMILES string of the molecule is C=C1C(=N/C=C(\C)F)OCC(F)(F)CNC(=O)c2cnn3ccc(nc23)N2CC[C@H]3C[C@]132. The van der Waals surface area contributed by atoms with Crippen molar-refractivity contribution >= 4 is 23.3 Å². The number of carbonyl (C=O) groups is 1. The largest absolute Gasteiger partial charge is 0.471 e. The number of aliphatic imine (C=N–C) groups is 1. The first kappa shape index (κ1) is 20.5. The molecular formula is C21H21F3N6O2. The molecule has 32 heavy (non-hydrogen) atoms. The Kier molecular flexibility index (Phi) is 4.54. The number of halogens is 3. The molecule has 0 unspecified atom stereocenters. The van der Waals surface area contributed by atoms with Gasteiger partial charge in [0.2, 0.25) is 5.90 Å². The first-order valence-corrected chi connectivity index (χ1v) is 10.2. The van der Waals surface area contributed by atoms with E-state index in [1.807, 2.05) is 4.90 Å². The summed E-state index contributed by atoms with van der Waals surface area (Å²) in [5.74, 6) is -4.03. The van der Waals surface area contributed by atoms with E-state index >= 15 is 0 Å². The van der Waals surface area contributed by atoms with E-state index in [0.29, 0.717) is 17.9 Å². The summed E-state index contributed by atoms with van der Waals surface area (Å²) in [6.45, 7) is 3.97. The van der Waals surface area contributed by atoms with Crippen LogP contribution in [0.15, 0.2) is 47.6 Å². The van der Waals surface area contributed by atoms with E-state index < -0.39 is 36.3 Å². The molecule has 1 saturated heterocycles. The zero-order valence-corrected chi connectivity index (χ0v) is 17.3. The molecule has 2 aliphatic heterocycles. The highest BCUT2D eigenvalue weighted by Crippen LogP contribution is 2.60. The summed E-state index contributed by atoms with van der Waals surface area (Å²) in [5.41, 5.74) is 0.173. The zero-order valence-electron chi connectivity index (χ0n) is 17.3. The molecule has 168 valence electrons. The van der Waals surface area contributed by atoms with Gasteiger partial charge in [0, 0.05) is 18.3 Å². The number of piperidine rings is 1. The Morgan fingerprint density at radius 1 is 1.47 bits per heavy atom. The number of ether oxygens (including phenoxy) is 1. The van der Waals surface area contributed by atoms with Crippen LogP contribution < -0.4 is 10.2 Å². The van der Waals surface area contributed by atoms with Crippen LogP contribution >= 0.6 is 0 Å². The van der Waals surface area contributed by atoms with Crippen molar-refractivity contribution in [3.63, 3.8) is 0 Å². The molecule has 2 atom stereocenters. The van der Waals surface area contributed by atoms with E-state index in [2.05, 4.69) is 27.0 Å². The van der Waals surface area contributed by atoms with Gasteiger partial charge in [-0.3, -0.25) is 4.79 Å². The van der Waals surface area contributed by atoms with E-state index in [1.54, 1.807) is 12.3 Å². The number of amides is 1. The van der Waals surface area contributed by atoms with Crippen LogP contribution in [-0.2, 0) is 4.74 Å². The second kappa shape index (κ2) is 7.07. The number of anilines is 1. The second-order valence-corrected chi connectivity index (χ2v) is 8.33. The molecule has 1 spiro atoms. The van der Waals surface area contributed by atoms with Gasteiger partial charge in [-0.15, -0.1) is 0 Å². The Balaban J connectivity index is 1.64. The van der Waals surface area contributed by atoms with Crippen molar-refractivity contribution in [3.8, 4) is 0 Å². The van der Waals surface area contributed by atoms with Crippen molar-refractivity contribution < 1.29 is 22.7 Å². The first-order valence-electron chi connectivity index (χ1n) is 10.2. The van der Waals surface area contributed by atoms with E-state index in [9.17, 15) is 18.0 Å². The van der Waals surface area contributed by atoms with Crippen LogP contribution in [0.5, 0.6) is 0 Å². The summed E-state index contributed by atoms with van der Waals surface area (Å²) in [6.07, 6.45) is 5.46. The number of carbonyl (C=O) groups excluding carboxylic acids is 1. The second-order valence-electron chi connectivity index (χ2n) is 8.33. The topological polar surface area (TPSA) is 84.1 Å². The van der Waals surface area contributed by atoms with Crippen molar-refractivity contribution in [3.05, 3.63) is 48.2 Å². The normalized spacial score (nSPS) is 28.9. The summed E-state index contributed by atoms with van der Waals surface area (Å²) < 4.78 is 49.1. The van der Waals surface area contributed by atoms with Gasteiger partial charge in [-0.25, -0.2) is 27.7 Å². The lowest BCUT2D eigenvalue weighted by Gasteiger charge is -2.32. The summed E-state index contributed by atoms with van der Waals surface area (Å²) >= 11 is 0. The van der Waals surface area contributed by atoms with Crippen LogP contribution in [0.3, 0.4) is 0 Å². The lowest BCUT2D eigenvalue weighted by atomic mass is 10.0. The number of aromatic nitrogens is 3. The van der Waals surface area contributed by atoms with Crippen molar-refractivity contribution in [2.45, 2.75) is 31.2 Å². The van der Waals surface area contributed by atoms with Gasteiger partial charge < -0.3 is 15.0 Å². The van der Waals surface area contributed by atoms with Crippen LogP contribution in [0.25, 0.3) is 5.65 Å². The summed E-state index contributed by atoms with van der Waals surface area (Å²) in [7, 11) is 0. The minimum Gasteiger partial charge on any atom is -0.471 e. The number of alkyl halides is 2. The summed E-state index contributed by atoms with van der Waals surface area (Å²) in [4.78, 5) is 23.2. The Hall–Kier alpha value is -3.37. The quantitative estimate of drug-likeness (QED) is 0.728. The molecule has 4 heterocycles. The van der Waals surface area contributed by atoms with Gasteiger partial charge in [-0.2, -0.15) is 5.10 Å². The number of fused-ring (bicyclic) bond motifs is 2. The van der Waals surface area contributed by atoms with E-state index in [4.69, 9.17) is 4.74 Å². The van der Waals surface area contributed by atoms with Gasteiger partial charge in [0.15, 0.2) is 12.3 Å². The predicted octanol–water partition coefficient (Wildman–Crippen LogP) is 2.88. The molecule has 1 amide bonds. The third-order valence-electron chi connectivity index (χ3n) is 6.20. The number of nitrogens with zero attached hydrogens (tertiary/aromatic N) is 5. The molecule has 2 aromatic rings. The van der Waals surface area contributed by atoms with Crippen molar-refractivity contribution in [2.75, 3.05) is 24.6 Å². The molecule has 2 bridgehead atoms. The maximum absolute atomic E-state index is 14.5. The van der Waals surface area contributed by atoms with Gasteiger partial charge in [0.1, 0.15) is 17.2 Å². The van der Waals surface area contributed by atoms with Crippen molar-refractivity contribution in [1.82, 2.24) is 19.9 Å². The third kappa shape index (κ3) is 3.23. The van der Waals surface area contributed by atoms with Crippen molar-refractivity contribution in [1.29, 1.82) is 0 Å². The van der Waals surface area contributed by atoms with Crippen molar-refractivity contribution in [2.24, 2.45) is 10.9 Å². The number of hydrogen-bond acceptors (Lipinski definition) is 6. The van der Waals surface area contributed by atoms with Crippen LogP contribution in [0.4, 0.5) is 19.0 Å². The minimum absolute atomic E-state index is 0.103. The first-order chi connectivity index (χ1) is 15.2. The van der Waals surface area contributed by atoms with E-state index in [0.717, 1.165) is 19.0 Å². The maximum Gasteiger partial charge on any atom is 0.298 e.